The van der Waals surface area contributed by atoms with Crippen molar-refractivity contribution in [2.75, 3.05) is 6.61 Å². The van der Waals surface area contributed by atoms with Crippen molar-refractivity contribution in [2.45, 2.75) is 54.4 Å². The van der Waals surface area contributed by atoms with Crippen LogP contribution in [-0.2, 0) is 20.7 Å². The van der Waals surface area contributed by atoms with E-state index in [0.29, 0.717) is 19.4 Å². The molecule has 1 aliphatic carbocycles. The standard InChI is InChI=1S/C19H26O3/c1-7-22-17(21)19(11-18(19,5)6)16(20)10-15-13(3)8-12(2)9-14(15)4/h8-9H,7,10-11H2,1-6H3. The molecule has 3 nitrogen and oxygen atoms in total. The Hall–Kier alpha value is -1.64. The van der Waals surface area contributed by atoms with Crippen LogP contribution >= 0.6 is 0 Å². The number of Topliss-reactive ketones (excluding diaryl/α,β-unsaturated/α-hetero) is 1. The average Bonchev–Trinajstić information content (AvgIpc) is 2.98. The fourth-order valence-electron chi connectivity index (χ4n) is 3.61. The van der Waals surface area contributed by atoms with Crippen LogP contribution in [-0.4, -0.2) is 18.4 Å². The molecular weight excluding hydrogens is 276 g/mol. The van der Waals surface area contributed by atoms with E-state index in [0.717, 1.165) is 16.7 Å². The minimum Gasteiger partial charge on any atom is -0.465 e. The van der Waals surface area contributed by atoms with E-state index < -0.39 is 5.41 Å². The zero-order valence-electron chi connectivity index (χ0n) is 14.5. The molecule has 1 fully saturated rings. The second-order valence-electron chi connectivity index (χ2n) is 7.16. The van der Waals surface area contributed by atoms with Gasteiger partial charge in [-0.2, -0.15) is 0 Å². The van der Waals surface area contributed by atoms with E-state index in [9.17, 15) is 9.59 Å². The number of ether oxygens (including phenoxy) is 1. The number of aryl methyl sites for hydroxylation is 3. The summed E-state index contributed by atoms with van der Waals surface area (Å²) in [5.41, 5.74) is 3.21. The number of carbonyl (C=O) groups excluding carboxylic acids is 2. The first kappa shape index (κ1) is 16.7. The van der Waals surface area contributed by atoms with Gasteiger partial charge in [0.05, 0.1) is 6.61 Å². The van der Waals surface area contributed by atoms with E-state index in [1.54, 1.807) is 6.92 Å². The van der Waals surface area contributed by atoms with Gasteiger partial charge in [-0.3, -0.25) is 9.59 Å². The van der Waals surface area contributed by atoms with Crippen LogP contribution in [0.4, 0.5) is 0 Å². The molecule has 1 aliphatic rings. The number of benzene rings is 1. The third kappa shape index (κ3) is 2.57. The van der Waals surface area contributed by atoms with E-state index >= 15 is 0 Å². The molecule has 0 aliphatic heterocycles. The lowest BCUT2D eigenvalue weighted by molar-refractivity contribution is -0.155. The van der Waals surface area contributed by atoms with Gasteiger partial charge in [0.15, 0.2) is 5.78 Å². The molecule has 1 atom stereocenters. The number of esters is 1. The lowest BCUT2D eigenvalue weighted by atomic mass is 9.85. The van der Waals surface area contributed by atoms with Crippen LogP contribution in [0.3, 0.4) is 0 Å². The van der Waals surface area contributed by atoms with Gasteiger partial charge in [0.2, 0.25) is 0 Å². The molecule has 0 heterocycles. The molecule has 2 rings (SSSR count). The second-order valence-corrected chi connectivity index (χ2v) is 7.16. The number of hydrogen-bond acceptors (Lipinski definition) is 3. The Morgan fingerprint density at radius 2 is 1.64 bits per heavy atom. The Kier molecular flexibility index (Phi) is 4.20. The van der Waals surface area contributed by atoms with Crippen molar-refractivity contribution in [3.8, 4) is 0 Å². The lowest BCUT2D eigenvalue weighted by Gasteiger charge is -2.19. The van der Waals surface area contributed by atoms with Crippen molar-refractivity contribution in [1.82, 2.24) is 0 Å². The van der Waals surface area contributed by atoms with E-state index in [4.69, 9.17) is 4.74 Å². The SMILES string of the molecule is CCOC(=O)C1(C(=O)Cc2c(C)cc(C)cc2C)CC1(C)C. The zero-order valence-corrected chi connectivity index (χ0v) is 14.5. The van der Waals surface area contributed by atoms with Crippen molar-refractivity contribution in [3.63, 3.8) is 0 Å². The fraction of sp³-hybridized carbons (Fsp3) is 0.579. The largest absolute Gasteiger partial charge is 0.465 e. The van der Waals surface area contributed by atoms with Gasteiger partial charge in [-0.05, 0) is 56.2 Å². The van der Waals surface area contributed by atoms with Gasteiger partial charge in [0.1, 0.15) is 5.41 Å². The van der Waals surface area contributed by atoms with Crippen LogP contribution in [0.15, 0.2) is 12.1 Å². The summed E-state index contributed by atoms with van der Waals surface area (Å²) in [6, 6.07) is 4.18. The predicted octanol–water partition coefficient (Wildman–Crippen LogP) is 3.70. The fourth-order valence-corrected chi connectivity index (χ4v) is 3.61. The molecule has 1 aromatic carbocycles. The highest BCUT2D eigenvalue weighted by atomic mass is 16.5. The third-order valence-corrected chi connectivity index (χ3v) is 5.02. The molecule has 0 amide bonds. The van der Waals surface area contributed by atoms with Crippen LogP contribution in [0.1, 0.15) is 49.4 Å². The van der Waals surface area contributed by atoms with Gasteiger partial charge in [-0.25, -0.2) is 0 Å². The van der Waals surface area contributed by atoms with E-state index in [-0.39, 0.29) is 17.2 Å². The first-order valence-corrected chi connectivity index (χ1v) is 7.93. The smallest absolute Gasteiger partial charge is 0.320 e. The summed E-state index contributed by atoms with van der Waals surface area (Å²) in [6.45, 7) is 12.1. The van der Waals surface area contributed by atoms with Crippen molar-refractivity contribution in [3.05, 3.63) is 34.4 Å². The maximum Gasteiger partial charge on any atom is 0.320 e. The third-order valence-electron chi connectivity index (χ3n) is 5.02. The molecule has 120 valence electrons. The van der Waals surface area contributed by atoms with E-state index in [1.165, 1.54) is 5.56 Å². The highest BCUT2D eigenvalue weighted by molar-refractivity contribution is 6.09. The molecule has 1 saturated carbocycles. The van der Waals surface area contributed by atoms with Gasteiger partial charge in [-0.1, -0.05) is 31.5 Å². The lowest BCUT2D eigenvalue weighted by Crippen LogP contribution is -2.33. The summed E-state index contributed by atoms with van der Waals surface area (Å²) >= 11 is 0. The molecule has 22 heavy (non-hydrogen) atoms. The molecule has 1 aromatic rings. The maximum atomic E-state index is 12.9. The van der Waals surface area contributed by atoms with Gasteiger partial charge in [-0.15, -0.1) is 0 Å². The van der Waals surface area contributed by atoms with Crippen molar-refractivity contribution >= 4 is 11.8 Å². The molecule has 0 saturated heterocycles. The first-order valence-electron chi connectivity index (χ1n) is 7.93. The molecular formula is C19H26O3. The normalized spacial score (nSPS) is 22.3. The highest BCUT2D eigenvalue weighted by Gasteiger charge is 2.71. The first-order chi connectivity index (χ1) is 10.2. The van der Waals surface area contributed by atoms with E-state index in [2.05, 4.69) is 19.1 Å². The molecule has 0 bridgehead atoms. The zero-order chi connectivity index (χ0) is 16.7. The van der Waals surface area contributed by atoms with Crippen molar-refractivity contribution in [1.29, 1.82) is 0 Å². The van der Waals surface area contributed by atoms with Crippen molar-refractivity contribution < 1.29 is 14.3 Å². The summed E-state index contributed by atoms with van der Waals surface area (Å²) in [4.78, 5) is 25.3. The molecule has 1 unspecified atom stereocenters. The Labute approximate surface area is 133 Å². The highest BCUT2D eigenvalue weighted by Crippen LogP contribution is 2.65. The average molecular weight is 302 g/mol. The number of rotatable bonds is 5. The van der Waals surface area contributed by atoms with Gasteiger partial charge >= 0.3 is 5.97 Å². The van der Waals surface area contributed by atoms with Crippen LogP contribution in [0.25, 0.3) is 0 Å². The Balaban J connectivity index is 2.30. The quantitative estimate of drug-likeness (QED) is 0.615. The van der Waals surface area contributed by atoms with Crippen LogP contribution in [0.5, 0.6) is 0 Å². The Morgan fingerprint density at radius 1 is 1.14 bits per heavy atom. The minimum atomic E-state index is -0.952. The summed E-state index contributed by atoms with van der Waals surface area (Å²) in [7, 11) is 0. The summed E-state index contributed by atoms with van der Waals surface area (Å²) in [5, 5.41) is 0. The summed E-state index contributed by atoms with van der Waals surface area (Å²) in [6.07, 6.45) is 0.891. The van der Waals surface area contributed by atoms with Gasteiger partial charge < -0.3 is 4.74 Å². The number of ketones is 1. The molecule has 0 radical (unpaired) electrons. The monoisotopic (exact) mass is 302 g/mol. The summed E-state index contributed by atoms with van der Waals surface area (Å²) < 4.78 is 5.18. The number of carbonyl (C=O) groups is 2. The van der Waals surface area contributed by atoms with Gasteiger partial charge in [0, 0.05) is 6.42 Å². The molecule has 0 spiro atoms. The summed E-state index contributed by atoms with van der Waals surface area (Å²) in [5.74, 6) is -0.363. The van der Waals surface area contributed by atoms with Crippen molar-refractivity contribution in [2.24, 2.45) is 10.8 Å². The maximum absolute atomic E-state index is 12.9. The van der Waals surface area contributed by atoms with Crippen LogP contribution in [0.2, 0.25) is 0 Å². The Bertz CT molecular complexity index is 605. The Morgan fingerprint density at radius 3 is 2.05 bits per heavy atom. The number of hydrogen-bond donors (Lipinski definition) is 0. The van der Waals surface area contributed by atoms with Gasteiger partial charge in [0.25, 0.3) is 0 Å². The topological polar surface area (TPSA) is 43.4 Å². The molecule has 0 aromatic heterocycles. The van der Waals surface area contributed by atoms with Crippen LogP contribution < -0.4 is 0 Å². The molecule has 3 heteroatoms. The van der Waals surface area contributed by atoms with Crippen LogP contribution in [0, 0.1) is 31.6 Å². The predicted molar refractivity (Wildman–Crippen MR) is 86.8 cm³/mol. The molecule has 0 N–H and O–H groups in total. The van der Waals surface area contributed by atoms with E-state index in [1.807, 2.05) is 27.7 Å². The minimum absolute atomic E-state index is 0.00833. The second kappa shape index (κ2) is 5.53.